The molecule has 3 N–H and O–H groups in total. The van der Waals surface area contributed by atoms with Crippen LogP contribution in [0.1, 0.15) is 0 Å². The number of hydrogen-bond donors (Lipinski definition) is 3. The molecule has 0 radical (unpaired) electrons. The molecule has 1 heterocycles. The Morgan fingerprint density at radius 1 is 1.42 bits per heavy atom. The number of β-amino-alcohol motifs (C(OH)–C–C–N with tert-alkyl or cyclic N) is 1. The fourth-order valence-corrected chi connectivity index (χ4v) is 1.39. The second-order valence-electron chi connectivity index (χ2n) is 3.03. The van der Waals surface area contributed by atoms with E-state index in [0.29, 0.717) is 6.54 Å². The van der Waals surface area contributed by atoms with Gasteiger partial charge in [-0.05, 0) is 0 Å². The predicted octanol–water partition coefficient (Wildman–Crippen LogP) is -1.81. The predicted molar refractivity (Wildman–Crippen MR) is 41.2 cm³/mol. The third-order valence-electron chi connectivity index (χ3n) is 2.20. The standard InChI is InChI=1S/C7H15NO4/c1-12-8-2-5(4-9)7(11)6(10)3-8/h5-7,9-11H,2-4H2,1H3/t5-,6-,7-/m0/s1. The smallest absolute Gasteiger partial charge is 0.0953 e. The van der Waals surface area contributed by atoms with Crippen LogP contribution < -0.4 is 0 Å². The van der Waals surface area contributed by atoms with Crippen LogP contribution in [0.25, 0.3) is 0 Å². The summed E-state index contributed by atoms with van der Waals surface area (Å²) in [5, 5.41) is 29.0. The first-order chi connectivity index (χ1) is 5.69. The minimum atomic E-state index is -0.846. The minimum Gasteiger partial charge on any atom is -0.396 e. The van der Waals surface area contributed by atoms with Crippen molar-refractivity contribution in [3.8, 4) is 0 Å². The van der Waals surface area contributed by atoms with Crippen molar-refractivity contribution in [3.05, 3.63) is 0 Å². The maximum absolute atomic E-state index is 9.36. The van der Waals surface area contributed by atoms with Crippen molar-refractivity contribution in [3.63, 3.8) is 0 Å². The van der Waals surface area contributed by atoms with E-state index in [1.165, 1.54) is 12.2 Å². The first-order valence-corrected chi connectivity index (χ1v) is 3.95. The van der Waals surface area contributed by atoms with Gasteiger partial charge in [0.25, 0.3) is 0 Å². The van der Waals surface area contributed by atoms with Gasteiger partial charge in [-0.15, -0.1) is 0 Å². The van der Waals surface area contributed by atoms with Gasteiger partial charge in [-0.2, -0.15) is 5.06 Å². The van der Waals surface area contributed by atoms with Crippen molar-refractivity contribution in [2.45, 2.75) is 12.2 Å². The van der Waals surface area contributed by atoms with E-state index in [2.05, 4.69) is 0 Å². The summed E-state index contributed by atoms with van der Waals surface area (Å²) in [4.78, 5) is 4.89. The highest BCUT2D eigenvalue weighted by Crippen LogP contribution is 2.16. The van der Waals surface area contributed by atoms with Gasteiger partial charge in [0.1, 0.15) is 0 Å². The Hall–Kier alpha value is -0.200. The average Bonchev–Trinajstić information content (AvgIpc) is 2.09. The average molecular weight is 177 g/mol. The van der Waals surface area contributed by atoms with Crippen LogP contribution >= 0.6 is 0 Å². The molecule has 0 saturated carbocycles. The SMILES string of the molecule is CON1C[C@@H](CO)[C@H](O)[C@@H](O)C1. The van der Waals surface area contributed by atoms with E-state index >= 15 is 0 Å². The number of hydrogen-bond acceptors (Lipinski definition) is 5. The molecule has 0 bridgehead atoms. The number of rotatable bonds is 2. The monoisotopic (exact) mass is 177 g/mol. The summed E-state index contributed by atoms with van der Waals surface area (Å²) in [7, 11) is 1.50. The Labute approximate surface area is 71.1 Å². The number of aliphatic hydroxyl groups excluding tert-OH is 3. The minimum absolute atomic E-state index is 0.141. The molecule has 5 nitrogen and oxygen atoms in total. The fourth-order valence-electron chi connectivity index (χ4n) is 1.39. The fraction of sp³-hybridized carbons (Fsp3) is 1.00. The van der Waals surface area contributed by atoms with Gasteiger partial charge in [0, 0.05) is 19.1 Å². The molecular formula is C7H15NO4. The number of hydroxylamine groups is 2. The topological polar surface area (TPSA) is 73.2 Å². The van der Waals surface area contributed by atoms with Crippen LogP contribution in [0, 0.1) is 5.92 Å². The van der Waals surface area contributed by atoms with Crippen LogP contribution in [0.15, 0.2) is 0 Å². The molecule has 12 heavy (non-hydrogen) atoms. The van der Waals surface area contributed by atoms with Crippen LogP contribution in [-0.4, -0.2) is 59.4 Å². The Bertz CT molecular complexity index is 143. The van der Waals surface area contributed by atoms with Gasteiger partial charge in [-0.1, -0.05) is 0 Å². The molecule has 1 aliphatic rings. The van der Waals surface area contributed by atoms with E-state index < -0.39 is 12.2 Å². The number of nitrogens with zero attached hydrogens (tertiary/aromatic N) is 1. The number of piperidine rings is 1. The second-order valence-corrected chi connectivity index (χ2v) is 3.03. The molecule has 1 aliphatic heterocycles. The largest absolute Gasteiger partial charge is 0.396 e. The van der Waals surface area contributed by atoms with Crippen molar-refractivity contribution in [2.75, 3.05) is 26.8 Å². The van der Waals surface area contributed by atoms with Crippen molar-refractivity contribution in [1.29, 1.82) is 0 Å². The lowest BCUT2D eigenvalue weighted by Crippen LogP contribution is -2.53. The lowest BCUT2D eigenvalue weighted by molar-refractivity contribution is -0.208. The molecule has 5 heteroatoms. The molecule has 1 rings (SSSR count). The van der Waals surface area contributed by atoms with Crippen LogP contribution in [-0.2, 0) is 4.84 Å². The van der Waals surface area contributed by atoms with Crippen LogP contribution in [0.2, 0.25) is 0 Å². The maximum atomic E-state index is 9.36. The first-order valence-electron chi connectivity index (χ1n) is 3.95. The van der Waals surface area contributed by atoms with Gasteiger partial charge in [0.2, 0.25) is 0 Å². The zero-order valence-corrected chi connectivity index (χ0v) is 7.05. The van der Waals surface area contributed by atoms with Gasteiger partial charge < -0.3 is 20.2 Å². The third-order valence-corrected chi connectivity index (χ3v) is 2.20. The summed E-state index contributed by atoms with van der Waals surface area (Å²) < 4.78 is 0. The van der Waals surface area contributed by atoms with Crippen molar-refractivity contribution in [2.24, 2.45) is 5.92 Å². The maximum Gasteiger partial charge on any atom is 0.0953 e. The van der Waals surface area contributed by atoms with Gasteiger partial charge in [0.15, 0.2) is 0 Å². The molecule has 1 fully saturated rings. The van der Waals surface area contributed by atoms with E-state index in [4.69, 9.17) is 9.94 Å². The molecular weight excluding hydrogens is 162 g/mol. The van der Waals surface area contributed by atoms with Crippen LogP contribution in [0.5, 0.6) is 0 Å². The quantitative estimate of drug-likeness (QED) is 0.464. The van der Waals surface area contributed by atoms with E-state index in [1.54, 1.807) is 0 Å². The molecule has 3 atom stereocenters. The lowest BCUT2D eigenvalue weighted by Gasteiger charge is -2.36. The summed E-state index contributed by atoms with van der Waals surface area (Å²) in [6.45, 7) is 0.595. The molecule has 72 valence electrons. The molecule has 0 spiro atoms. The Kier molecular flexibility index (Phi) is 3.42. The van der Waals surface area contributed by atoms with Crippen LogP contribution in [0.3, 0.4) is 0 Å². The van der Waals surface area contributed by atoms with E-state index in [9.17, 15) is 10.2 Å². The van der Waals surface area contributed by atoms with Gasteiger partial charge >= 0.3 is 0 Å². The lowest BCUT2D eigenvalue weighted by atomic mass is 9.94. The highest BCUT2D eigenvalue weighted by molar-refractivity contribution is 4.83. The summed E-state index contributed by atoms with van der Waals surface area (Å²) in [6.07, 6.45) is -1.68. The summed E-state index contributed by atoms with van der Waals surface area (Å²) >= 11 is 0. The summed E-state index contributed by atoms with van der Waals surface area (Å²) in [5.74, 6) is -0.325. The van der Waals surface area contributed by atoms with E-state index in [-0.39, 0.29) is 19.1 Å². The van der Waals surface area contributed by atoms with Crippen molar-refractivity contribution < 1.29 is 20.2 Å². The second kappa shape index (κ2) is 4.15. The van der Waals surface area contributed by atoms with Gasteiger partial charge in [0.05, 0.1) is 25.9 Å². The molecule has 0 unspecified atom stereocenters. The van der Waals surface area contributed by atoms with Gasteiger partial charge in [-0.25, -0.2) is 0 Å². The van der Waals surface area contributed by atoms with Gasteiger partial charge in [-0.3, -0.25) is 0 Å². The summed E-state index contributed by atoms with van der Waals surface area (Å²) in [6, 6.07) is 0. The molecule has 0 aliphatic carbocycles. The zero-order valence-electron chi connectivity index (χ0n) is 7.05. The van der Waals surface area contributed by atoms with E-state index in [0.717, 1.165) is 0 Å². The zero-order chi connectivity index (χ0) is 9.14. The van der Waals surface area contributed by atoms with Crippen molar-refractivity contribution in [1.82, 2.24) is 5.06 Å². The van der Waals surface area contributed by atoms with Crippen molar-refractivity contribution >= 4 is 0 Å². The number of aliphatic hydroxyl groups is 3. The Morgan fingerprint density at radius 3 is 2.58 bits per heavy atom. The highest BCUT2D eigenvalue weighted by atomic mass is 16.7. The van der Waals surface area contributed by atoms with E-state index in [1.807, 2.05) is 0 Å². The summed E-state index contributed by atoms with van der Waals surface area (Å²) in [5.41, 5.74) is 0. The Morgan fingerprint density at radius 2 is 2.08 bits per heavy atom. The third kappa shape index (κ3) is 1.94. The normalized spacial score (nSPS) is 38.5. The van der Waals surface area contributed by atoms with Crippen LogP contribution in [0.4, 0.5) is 0 Å². The molecule has 0 amide bonds. The molecule has 0 aromatic heterocycles. The molecule has 0 aromatic rings. The molecule has 1 saturated heterocycles. The Balaban J connectivity index is 2.52. The first kappa shape index (κ1) is 9.88. The highest BCUT2D eigenvalue weighted by Gasteiger charge is 2.34. The molecule has 0 aromatic carbocycles.